The number of pyridine rings is 1. The van der Waals surface area contributed by atoms with E-state index in [0.29, 0.717) is 5.56 Å². The summed E-state index contributed by atoms with van der Waals surface area (Å²) in [6.45, 7) is 0.828. The van der Waals surface area contributed by atoms with E-state index in [1.807, 2.05) is 6.07 Å². The molecule has 20 heavy (non-hydrogen) atoms. The molecule has 1 aromatic carbocycles. The van der Waals surface area contributed by atoms with Crippen molar-refractivity contribution >= 4 is 22.6 Å². The monoisotopic (exact) mass is 293 g/mol. The zero-order chi connectivity index (χ0) is 14.3. The van der Waals surface area contributed by atoms with Crippen molar-refractivity contribution in [3.8, 4) is 11.1 Å². The van der Waals surface area contributed by atoms with Crippen molar-refractivity contribution in [1.29, 1.82) is 0 Å². The molecule has 0 radical (unpaired) electrons. The highest BCUT2D eigenvalue weighted by Gasteiger charge is 2.27. The minimum Gasteiger partial charge on any atom is -0.276 e. The van der Waals surface area contributed by atoms with Crippen LogP contribution in [0, 0.1) is 0 Å². The lowest BCUT2D eigenvalue weighted by Crippen LogP contribution is -2.07. The van der Waals surface area contributed by atoms with Crippen molar-refractivity contribution in [2.75, 3.05) is 0 Å². The van der Waals surface area contributed by atoms with Crippen LogP contribution in [-0.2, 0) is 5.92 Å². The minimum atomic E-state index is -2.99. The fraction of sp³-hybridized carbons (Fsp3) is 0.143. The predicted molar refractivity (Wildman–Crippen MR) is 73.9 cm³/mol. The fourth-order valence-electron chi connectivity index (χ4n) is 2.03. The van der Waals surface area contributed by atoms with Crippen LogP contribution in [0.25, 0.3) is 22.2 Å². The Balaban J connectivity index is 2.14. The summed E-state index contributed by atoms with van der Waals surface area (Å²) in [4.78, 5) is 4.22. The molecule has 2 aromatic heterocycles. The minimum absolute atomic E-state index is 0.0526. The summed E-state index contributed by atoms with van der Waals surface area (Å²) in [6, 6.07) is 6.37. The second-order valence-electron chi connectivity index (χ2n) is 4.61. The number of aromatic amines is 1. The Morgan fingerprint density at radius 1 is 1.15 bits per heavy atom. The van der Waals surface area contributed by atoms with Crippen LogP contribution in [0.1, 0.15) is 12.5 Å². The molecule has 6 heteroatoms. The largest absolute Gasteiger partial charge is 0.276 e. The van der Waals surface area contributed by atoms with Gasteiger partial charge < -0.3 is 0 Å². The number of nitrogens with one attached hydrogen (secondary N) is 1. The Labute approximate surface area is 118 Å². The highest BCUT2D eigenvalue weighted by molar-refractivity contribution is 6.31. The summed E-state index contributed by atoms with van der Waals surface area (Å²) in [6.07, 6.45) is 3.23. The lowest BCUT2D eigenvalue weighted by atomic mass is 10.0. The molecule has 102 valence electrons. The quantitative estimate of drug-likeness (QED) is 0.761. The molecule has 3 aromatic rings. The van der Waals surface area contributed by atoms with E-state index < -0.39 is 5.92 Å². The van der Waals surface area contributed by atoms with Gasteiger partial charge in [-0.2, -0.15) is 5.10 Å². The molecule has 0 fully saturated rings. The number of benzene rings is 1. The number of nitrogens with zero attached hydrogens (tertiary/aromatic N) is 2. The van der Waals surface area contributed by atoms with Crippen molar-refractivity contribution in [1.82, 2.24) is 15.2 Å². The van der Waals surface area contributed by atoms with Crippen LogP contribution in [0.15, 0.2) is 36.7 Å². The zero-order valence-corrected chi connectivity index (χ0v) is 11.2. The Morgan fingerprint density at radius 3 is 2.70 bits per heavy atom. The average molecular weight is 294 g/mol. The number of hydrogen-bond acceptors (Lipinski definition) is 2. The summed E-state index contributed by atoms with van der Waals surface area (Å²) in [5, 5.41) is 6.73. The van der Waals surface area contributed by atoms with E-state index in [2.05, 4.69) is 15.2 Å². The van der Waals surface area contributed by atoms with Gasteiger partial charge in [0.2, 0.25) is 0 Å². The van der Waals surface area contributed by atoms with E-state index in [4.69, 9.17) is 11.6 Å². The number of alkyl halides is 2. The van der Waals surface area contributed by atoms with Crippen molar-refractivity contribution in [3.63, 3.8) is 0 Å². The van der Waals surface area contributed by atoms with Gasteiger partial charge in [-0.1, -0.05) is 17.7 Å². The predicted octanol–water partition coefficient (Wildman–Crippen LogP) is 4.39. The zero-order valence-electron chi connectivity index (χ0n) is 10.5. The highest BCUT2D eigenvalue weighted by Crippen LogP contribution is 2.35. The molecule has 3 nitrogen and oxygen atoms in total. The summed E-state index contributed by atoms with van der Waals surface area (Å²) in [5.41, 5.74) is 2.64. The van der Waals surface area contributed by atoms with Gasteiger partial charge >= 0.3 is 0 Å². The van der Waals surface area contributed by atoms with E-state index in [-0.39, 0.29) is 10.6 Å². The van der Waals surface area contributed by atoms with Crippen molar-refractivity contribution in [2.24, 2.45) is 0 Å². The molecule has 0 spiro atoms. The first kappa shape index (κ1) is 13.0. The smallest absolute Gasteiger partial charge is 0.271 e. The lowest BCUT2D eigenvalue weighted by Gasteiger charge is -2.14. The third-order valence-electron chi connectivity index (χ3n) is 3.06. The molecule has 0 saturated heterocycles. The van der Waals surface area contributed by atoms with Gasteiger partial charge in [-0.15, -0.1) is 0 Å². The second-order valence-corrected chi connectivity index (χ2v) is 5.02. The van der Waals surface area contributed by atoms with Gasteiger partial charge in [0.1, 0.15) is 5.52 Å². The maximum Gasteiger partial charge on any atom is 0.271 e. The Hall–Kier alpha value is -2.01. The Kier molecular flexibility index (Phi) is 2.94. The molecule has 0 aliphatic carbocycles. The van der Waals surface area contributed by atoms with E-state index in [9.17, 15) is 8.78 Å². The third kappa shape index (κ3) is 2.25. The maximum absolute atomic E-state index is 13.5. The van der Waals surface area contributed by atoms with Gasteiger partial charge in [0, 0.05) is 29.3 Å². The first-order valence-corrected chi connectivity index (χ1v) is 6.30. The van der Waals surface area contributed by atoms with Crippen LogP contribution < -0.4 is 0 Å². The number of halogens is 3. The van der Waals surface area contributed by atoms with E-state index in [1.54, 1.807) is 18.5 Å². The van der Waals surface area contributed by atoms with Crippen LogP contribution in [0.4, 0.5) is 8.78 Å². The fourth-order valence-corrected chi connectivity index (χ4v) is 2.31. The Morgan fingerprint density at radius 2 is 1.95 bits per heavy atom. The number of H-pyrrole nitrogens is 1. The van der Waals surface area contributed by atoms with Gasteiger partial charge in [-0.3, -0.25) is 10.1 Å². The standard InChI is InChI=1S/C14H10ClF2N3/c1-14(16,17)10-4-8(2-3-11(10)15)9-5-12-13(18-6-9)7-19-20-12/h2-7H,1H3,(H,19,20). The van der Waals surface area contributed by atoms with E-state index >= 15 is 0 Å². The average Bonchev–Trinajstić information content (AvgIpc) is 2.85. The molecule has 0 aliphatic rings. The molecule has 0 aliphatic heterocycles. The molecule has 0 saturated carbocycles. The van der Waals surface area contributed by atoms with Gasteiger partial charge in [-0.05, 0) is 23.8 Å². The normalized spacial score (nSPS) is 12.0. The van der Waals surface area contributed by atoms with Crippen LogP contribution in [0.3, 0.4) is 0 Å². The number of rotatable bonds is 2. The lowest BCUT2D eigenvalue weighted by molar-refractivity contribution is 0.0176. The van der Waals surface area contributed by atoms with Crippen molar-refractivity contribution < 1.29 is 8.78 Å². The SMILES string of the molecule is CC(F)(F)c1cc(-c2cnc3cn[nH]c3c2)ccc1Cl. The van der Waals surface area contributed by atoms with E-state index in [1.165, 1.54) is 12.1 Å². The van der Waals surface area contributed by atoms with Crippen LogP contribution in [0.2, 0.25) is 5.02 Å². The van der Waals surface area contributed by atoms with Crippen molar-refractivity contribution in [2.45, 2.75) is 12.8 Å². The summed E-state index contributed by atoms with van der Waals surface area (Å²) >= 11 is 5.83. The summed E-state index contributed by atoms with van der Waals surface area (Å²) < 4.78 is 27.0. The molecule has 0 atom stereocenters. The first-order chi connectivity index (χ1) is 9.45. The number of hydrogen-bond donors (Lipinski definition) is 1. The molecule has 0 unspecified atom stereocenters. The summed E-state index contributed by atoms with van der Waals surface area (Å²) in [7, 11) is 0. The van der Waals surface area contributed by atoms with Gasteiger partial charge in [0.05, 0.1) is 11.7 Å². The van der Waals surface area contributed by atoms with Gasteiger partial charge in [0.25, 0.3) is 5.92 Å². The number of aromatic nitrogens is 3. The van der Waals surface area contributed by atoms with Crippen LogP contribution in [-0.4, -0.2) is 15.2 Å². The second kappa shape index (κ2) is 4.52. The van der Waals surface area contributed by atoms with Crippen LogP contribution >= 0.6 is 11.6 Å². The molecule has 1 N–H and O–H groups in total. The van der Waals surface area contributed by atoms with Crippen molar-refractivity contribution in [3.05, 3.63) is 47.2 Å². The van der Waals surface area contributed by atoms with Gasteiger partial charge in [-0.25, -0.2) is 8.78 Å². The molecule has 0 amide bonds. The number of fused-ring (bicyclic) bond motifs is 1. The molecular formula is C14H10ClF2N3. The Bertz CT molecular complexity index is 777. The highest BCUT2D eigenvalue weighted by atomic mass is 35.5. The van der Waals surface area contributed by atoms with E-state index in [0.717, 1.165) is 23.5 Å². The topological polar surface area (TPSA) is 41.6 Å². The maximum atomic E-state index is 13.5. The molecule has 3 rings (SSSR count). The van der Waals surface area contributed by atoms with Gasteiger partial charge in [0.15, 0.2) is 0 Å². The van der Waals surface area contributed by atoms with Crippen LogP contribution in [0.5, 0.6) is 0 Å². The molecule has 0 bridgehead atoms. The third-order valence-corrected chi connectivity index (χ3v) is 3.39. The first-order valence-electron chi connectivity index (χ1n) is 5.92. The molecule has 2 heterocycles. The summed E-state index contributed by atoms with van der Waals surface area (Å²) in [5.74, 6) is -2.99. The molecular weight excluding hydrogens is 284 g/mol.